The molecule has 0 unspecified atom stereocenters. The average molecular weight is 293 g/mol. The van der Waals surface area contributed by atoms with Crippen molar-refractivity contribution in [3.8, 4) is 11.1 Å². The molecule has 0 saturated carbocycles. The minimum atomic E-state index is -0.0303. The summed E-state index contributed by atoms with van der Waals surface area (Å²) in [6.07, 6.45) is 1.76. The first-order valence-corrected chi connectivity index (χ1v) is 7.50. The fourth-order valence-electron chi connectivity index (χ4n) is 2.40. The summed E-state index contributed by atoms with van der Waals surface area (Å²) in [7, 11) is 0. The van der Waals surface area contributed by atoms with Crippen LogP contribution in [0.2, 0.25) is 0 Å². The fourth-order valence-corrected chi connectivity index (χ4v) is 2.40. The zero-order valence-electron chi connectivity index (χ0n) is 12.8. The molecule has 0 atom stereocenters. The number of furan rings is 1. The molecule has 0 aliphatic carbocycles. The maximum Gasteiger partial charge on any atom is 0.251 e. The molecule has 3 rings (SSSR count). The molecule has 1 N–H and O–H groups in total. The minimum absolute atomic E-state index is 0.0303. The number of amides is 1. The highest BCUT2D eigenvalue weighted by Gasteiger charge is 2.09. The van der Waals surface area contributed by atoms with Crippen molar-refractivity contribution >= 4 is 16.9 Å². The van der Waals surface area contributed by atoms with Gasteiger partial charge in [-0.25, -0.2) is 0 Å². The number of carbonyl (C=O) groups is 1. The Morgan fingerprint density at radius 2 is 1.82 bits per heavy atom. The van der Waals surface area contributed by atoms with Crippen LogP contribution in [0.25, 0.3) is 22.1 Å². The summed E-state index contributed by atoms with van der Waals surface area (Å²) < 4.78 is 5.57. The van der Waals surface area contributed by atoms with E-state index in [1.165, 1.54) is 0 Å². The Balaban J connectivity index is 1.84. The second-order valence-electron chi connectivity index (χ2n) is 5.83. The van der Waals surface area contributed by atoms with Crippen molar-refractivity contribution in [2.45, 2.75) is 13.8 Å². The Labute approximate surface area is 130 Å². The second-order valence-corrected chi connectivity index (χ2v) is 5.83. The standard InChI is InChI=1S/C19H19NO2/c1-13(2)11-20-19(21)15-9-7-14(8-10-15)17-12-22-18-6-4-3-5-16(17)18/h3-10,12-13H,11H2,1-2H3,(H,20,21). The van der Waals surface area contributed by atoms with Crippen molar-refractivity contribution < 1.29 is 9.21 Å². The SMILES string of the molecule is CC(C)CNC(=O)c1ccc(-c2coc3ccccc23)cc1. The van der Waals surface area contributed by atoms with E-state index < -0.39 is 0 Å². The maximum atomic E-state index is 12.0. The molecule has 0 bridgehead atoms. The fraction of sp³-hybridized carbons (Fsp3) is 0.211. The topological polar surface area (TPSA) is 42.2 Å². The Hall–Kier alpha value is -2.55. The number of hydrogen-bond donors (Lipinski definition) is 1. The summed E-state index contributed by atoms with van der Waals surface area (Å²) in [5, 5.41) is 4.01. The summed E-state index contributed by atoms with van der Waals surface area (Å²) in [4.78, 5) is 12.0. The van der Waals surface area contributed by atoms with Gasteiger partial charge >= 0.3 is 0 Å². The molecule has 0 fully saturated rings. The van der Waals surface area contributed by atoms with Gasteiger partial charge in [0.2, 0.25) is 0 Å². The molecule has 0 aliphatic heterocycles. The minimum Gasteiger partial charge on any atom is -0.464 e. The van der Waals surface area contributed by atoms with Gasteiger partial charge in [-0.2, -0.15) is 0 Å². The van der Waals surface area contributed by atoms with E-state index in [0.717, 1.165) is 22.1 Å². The number of rotatable bonds is 4. The van der Waals surface area contributed by atoms with Gasteiger partial charge < -0.3 is 9.73 Å². The van der Waals surface area contributed by atoms with Crippen LogP contribution in [0.4, 0.5) is 0 Å². The lowest BCUT2D eigenvalue weighted by Crippen LogP contribution is -2.27. The van der Waals surface area contributed by atoms with E-state index in [0.29, 0.717) is 18.0 Å². The number of benzene rings is 2. The van der Waals surface area contributed by atoms with Crippen LogP contribution >= 0.6 is 0 Å². The predicted molar refractivity (Wildman–Crippen MR) is 88.8 cm³/mol. The molecule has 1 amide bonds. The Bertz CT molecular complexity index is 785. The lowest BCUT2D eigenvalue weighted by atomic mass is 10.0. The first-order chi connectivity index (χ1) is 10.6. The van der Waals surface area contributed by atoms with E-state index in [4.69, 9.17) is 4.42 Å². The van der Waals surface area contributed by atoms with Gasteiger partial charge in [-0.1, -0.05) is 44.2 Å². The first kappa shape index (κ1) is 14.4. The first-order valence-electron chi connectivity index (χ1n) is 7.50. The molecule has 0 saturated heterocycles. The highest BCUT2D eigenvalue weighted by atomic mass is 16.3. The van der Waals surface area contributed by atoms with Crippen LogP contribution < -0.4 is 5.32 Å². The van der Waals surface area contributed by atoms with Crippen LogP contribution in [-0.2, 0) is 0 Å². The monoisotopic (exact) mass is 293 g/mol. The van der Waals surface area contributed by atoms with Crippen LogP contribution in [0.1, 0.15) is 24.2 Å². The van der Waals surface area contributed by atoms with Gasteiger partial charge in [0.1, 0.15) is 5.58 Å². The number of hydrogen-bond acceptors (Lipinski definition) is 2. The van der Waals surface area contributed by atoms with Gasteiger partial charge in [0.05, 0.1) is 6.26 Å². The third-order valence-corrected chi connectivity index (χ3v) is 3.61. The normalized spacial score (nSPS) is 11.0. The molecule has 0 aliphatic rings. The van der Waals surface area contributed by atoms with Crippen molar-refractivity contribution in [2.24, 2.45) is 5.92 Å². The number of nitrogens with one attached hydrogen (secondary N) is 1. The van der Waals surface area contributed by atoms with Crippen LogP contribution in [0, 0.1) is 5.92 Å². The molecule has 0 spiro atoms. The lowest BCUT2D eigenvalue weighted by Gasteiger charge is -2.08. The molecular formula is C19H19NO2. The summed E-state index contributed by atoms with van der Waals surface area (Å²) in [6, 6.07) is 15.6. The quantitative estimate of drug-likeness (QED) is 0.770. The van der Waals surface area contributed by atoms with E-state index in [-0.39, 0.29) is 5.91 Å². The molecular weight excluding hydrogens is 274 g/mol. The van der Waals surface area contributed by atoms with Crippen molar-refractivity contribution in [3.63, 3.8) is 0 Å². The summed E-state index contributed by atoms with van der Waals surface area (Å²) in [5.41, 5.74) is 3.64. The van der Waals surface area contributed by atoms with Crippen LogP contribution in [0.15, 0.2) is 59.2 Å². The second kappa shape index (κ2) is 6.06. The van der Waals surface area contributed by atoms with Crippen LogP contribution in [0.5, 0.6) is 0 Å². The molecule has 2 aromatic carbocycles. The van der Waals surface area contributed by atoms with E-state index >= 15 is 0 Å². The van der Waals surface area contributed by atoms with Crippen LogP contribution in [-0.4, -0.2) is 12.5 Å². The van der Waals surface area contributed by atoms with Crippen molar-refractivity contribution in [2.75, 3.05) is 6.54 Å². The van der Waals surface area contributed by atoms with Gasteiger partial charge in [-0.15, -0.1) is 0 Å². The number of carbonyl (C=O) groups excluding carboxylic acids is 1. The molecule has 22 heavy (non-hydrogen) atoms. The highest BCUT2D eigenvalue weighted by Crippen LogP contribution is 2.30. The molecule has 112 valence electrons. The van der Waals surface area contributed by atoms with E-state index in [1.807, 2.05) is 48.5 Å². The Kier molecular flexibility index (Phi) is 3.96. The molecule has 3 heteroatoms. The average Bonchev–Trinajstić information content (AvgIpc) is 2.97. The van der Waals surface area contributed by atoms with Crippen molar-refractivity contribution in [1.82, 2.24) is 5.32 Å². The van der Waals surface area contributed by atoms with Crippen LogP contribution in [0.3, 0.4) is 0 Å². The number of para-hydroxylation sites is 1. The smallest absolute Gasteiger partial charge is 0.251 e. The van der Waals surface area contributed by atoms with Gasteiger partial charge in [-0.05, 0) is 29.7 Å². The lowest BCUT2D eigenvalue weighted by molar-refractivity contribution is 0.0949. The highest BCUT2D eigenvalue weighted by molar-refractivity contribution is 5.97. The molecule has 1 aromatic heterocycles. The third kappa shape index (κ3) is 2.89. The Morgan fingerprint density at radius 3 is 2.55 bits per heavy atom. The zero-order chi connectivity index (χ0) is 15.5. The maximum absolute atomic E-state index is 12.0. The van der Waals surface area contributed by atoms with Gasteiger partial charge in [0, 0.05) is 23.1 Å². The van der Waals surface area contributed by atoms with E-state index in [1.54, 1.807) is 6.26 Å². The molecule has 3 nitrogen and oxygen atoms in total. The Morgan fingerprint density at radius 1 is 1.09 bits per heavy atom. The van der Waals surface area contributed by atoms with Crippen molar-refractivity contribution in [3.05, 3.63) is 60.4 Å². The van der Waals surface area contributed by atoms with Crippen molar-refractivity contribution in [1.29, 1.82) is 0 Å². The third-order valence-electron chi connectivity index (χ3n) is 3.61. The predicted octanol–water partition coefficient (Wildman–Crippen LogP) is 4.49. The summed E-state index contributed by atoms with van der Waals surface area (Å²) in [5.74, 6) is 0.415. The van der Waals surface area contributed by atoms with E-state index in [9.17, 15) is 4.79 Å². The molecule has 3 aromatic rings. The zero-order valence-corrected chi connectivity index (χ0v) is 12.8. The van der Waals surface area contributed by atoms with Gasteiger partial charge in [0.25, 0.3) is 5.91 Å². The molecule has 0 radical (unpaired) electrons. The van der Waals surface area contributed by atoms with Gasteiger partial charge in [0.15, 0.2) is 0 Å². The largest absolute Gasteiger partial charge is 0.464 e. The summed E-state index contributed by atoms with van der Waals surface area (Å²) in [6.45, 7) is 4.84. The van der Waals surface area contributed by atoms with Gasteiger partial charge in [-0.3, -0.25) is 4.79 Å². The van der Waals surface area contributed by atoms with E-state index in [2.05, 4.69) is 19.2 Å². The number of fused-ring (bicyclic) bond motifs is 1. The molecule has 1 heterocycles. The summed E-state index contributed by atoms with van der Waals surface area (Å²) >= 11 is 0.